The molecular weight excluding hydrogens is 505 g/mol. The number of likely N-dealkylation sites (tertiary alicyclic amines) is 2. The second-order valence-corrected chi connectivity index (χ2v) is 11.2. The highest BCUT2D eigenvalue weighted by Crippen LogP contribution is 2.25. The monoisotopic (exact) mass is 541 g/mol. The van der Waals surface area contributed by atoms with E-state index < -0.39 is 0 Å². The van der Waals surface area contributed by atoms with Crippen molar-refractivity contribution in [3.05, 3.63) is 101 Å². The smallest absolute Gasteiger partial charge is 0.272 e. The number of ketones is 2. The molecule has 6 nitrogen and oxygen atoms in total. The lowest BCUT2D eigenvalue weighted by Gasteiger charge is -2.31. The lowest BCUT2D eigenvalue weighted by Crippen LogP contribution is -2.40. The fourth-order valence-electron chi connectivity index (χ4n) is 5.72. The van der Waals surface area contributed by atoms with E-state index in [0.29, 0.717) is 49.5 Å². The molecule has 7 heteroatoms. The molecule has 208 valence electrons. The van der Waals surface area contributed by atoms with Crippen LogP contribution in [0.5, 0.6) is 0 Å². The molecule has 5 rings (SSSR count). The van der Waals surface area contributed by atoms with Crippen LogP contribution in [0.1, 0.15) is 74.4 Å². The molecule has 0 bridgehead atoms. The van der Waals surface area contributed by atoms with Gasteiger partial charge in [0.1, 0.15) is 11.5 Å². The second kappa shape index (κ2) is 12.6. The van der Waals surface area contributed by atoms with Crippen LogP contribution in [0, 0.1) is 24.6 Å². The molecule has 2 aliphatic heterocycles. The number of halogens is 1. The Morgan fingerprint density at radius 3 is 2.10 bits per heavy atom. The van der Waals surface area contributed by atoms with Crippen LogP contribution in [0.15, 0.2) is 66.9 Å². The largest absolute Gasteiger partial charge is 0.337 e. The molecule has 0 saturated carbocycles. The first-order valence-electron chi connectivity index (χ1n) is 14.2. The molecule has 2 aliphatic rings. The molecule has 40 heavy (non-hydrogen) atoms. The molecule has 0 unspecified atom stereocenters. The van der Waals surface area contributed by atoms with Crippen LogP contribution in [0.3, 0.4) is 0 Å². The molecule has 0 aliphatic carbocycles. The highest BCUT2D eigenvalue weighted by atomic mass is 19.1. The maximum atomic E-state index is 13.1. The minimum absolute atomic E-state index is 0.0546. The number of amides is 1. The maximum absolute atomic E-state index is 13.1. The van der Waals surface area contributed by atoms with Crippen LogP contribution in [0.4, 0.5) is 4.39 Å². The summed E-state index contributed by atoms with van der Waals surface area (Å²) < 4.78 is 13.1. The Balaban J connectivity index is 1.07. The lowest BCUT2D eigenvalue weighted by atomic mass is 9.88. The molecule has 2 saturated heterocycles. The van der Waals surface area contributed by atoms with E-state index in [9.17, 15) is 18.8 Å². The summed E-state index contributed by atoms with van der Waals surface area (Å²) in [5.74, 6) is 0.0655. The van der Waals surface area contributed by atoms with Crippen molar-refractivity contribution < 1.29 is 18.8 Å². The van der Waals surface area contributed by atoms with Gasteiger partial charge in [-0.3, -0.25) is 24.3 Å². The Morgan fingerprint density at radius 2 is 1.48 bits per heavy atom. The third-order valence-electron chi connectivity index (χ3n) is 8.29. The lowest BCUT2D eigenvalue weighted by molar-refractivity contribution is 0.0645. The number of carbonyl (C=O) groups is 3. The molecule has 0 N–H and O–H groups in total. The average Bonchev–Trinajstić information content (AvgIpc) is 2.99. The summed E-state index contributed by atoms with van der Waals surface area (Å²) in [6, 6.07) is 17.6. The van der Waals surface area contributed by atoms with E-state index in [1.54, 1.807) is 17.0 Å². The Kier molecular flexibility index (Phi) is 8.80. The van der Waals surface area contributed by atoms with E-state index >= 15 is 0 Å². The Morgan fingerprint density at radius 1 is 0.825 bits per heavy atom. The first kappa shape index (κ1) is 27.8. The van der Waals surface area contributed by atoms with Crippen molar-refractivity contribution in [1.82, 2.24) is 14.8 Å². The minimum atomic E-state index is -0.222. The zero-order valence-electron chi connectivity index (χ0n) is 23.0. The number of hydrogen-bond donors (Lipinski definition) is 0. The number of pyridine rings is 1. The van der Waals surface area contributed by atoms with Gasteiger partial charge >= 0.3 is 0 Å². The number of aryl methyl sites for hydroxylation is 1. The van der Waals surface area contributed by atoms with Gasteiger partial charge in [-0.15, -0.1) is 0 Å². The first-order chi connectivity index (χ1) is 19.4. The summed E-state index contributed by atoms with van der Waals surface area (Å²) in [5.41, 5.74) is 3.81. The van der Waals surface area contributed by atoms with Gasteiger partial charge in [-0.05, 0) is 81.4 Å². The highest BCUT2D eigenvalue weighted by molar-refractivity contribution is 5.99. The normalized spacial score (nSPS) is 17.1. The van der Waals surface area contributed by atoms with Crippen LogP contribution in [-0.2, 0) is 6.54 Å². The van der Waals surface area contributed by atoms with Crippen LogP contribution >= 0.6 is 0 Å². The molecule has 3 aromatic rings. The van der Waals surface area contributed by atoms with Crippen molar-refractivity contribution in [3.8, 4) is 0 Å². The van der Waals surface area contributed by atoms with Crippen molar-refractivity contribution in [2.24, 2.45) is 11.8 Å². The van der Waals surface area contributed by atoms with Gasteiger partial charge in [-0.2, -0.15) is 0 Å². The number of rotatable bonds is 8. The number of nitrogens with zero attached hydrogens (tertiary/aromatic N) is 3. The number of hydrogen-bond acceptors (Lipinski definition) is 5. The van der Waals surface area contributed by atoms with Gasteiger partial charge < -0.3 is 4.90 Å². The van der Waals surface area contributed by atoms with Gasteiger partial charge in [0, 0.05) is 49.3 Å². The molecule has 0 atom stereocenters. The van der Waals surface area contributed by atoms with Crippen molar-refractivity contribution in [1.29, 1.82) is 0 Å². The molecule has 2 aromatic carbocycles. The molecule has 0 radical (unpaired) electrons. The number of piperidine rings is 2. The predicted molar refractivity (Wildman–Crippen MR) is 152 cm³/mol. The quantitative estimate of drug-likeness (QED) is 0.340. The van der Waals surface area contributed by atoms with Crippen LogP contribution < -0.4 is 0 Å². The number of carbonyl (C=O) groups excluding carboxylic acids is 3. The Labute approximate surface area is 235 Å². The Hall–Kier alpha value is -3.71. The predicted octanol–water partition coefficient (Wildman–Crippen LogP) is 5.75. The summed E-state index contributed by atoms with van der Waals surface area (Å²) in [6.45, 7) is 5.65. The van der Waals surface area contributed by atoms with Gasteiger partial charge in [0.25, 0.3) is 5.91 Å². The van der Waals surface area contributed by atoms with Gasteiger partial charge in [-0.25, -0.2) is 4.39 Å². The van der Waals surface area contributed by atoms with E-state index in [1.165, 1.54) is 18.3 Å². The second-order valence-electron chi connectivity index (χ2n) is 11.2. The zero-order chi connectivity index (χ0) is 28.1. The van der Waals surface area contributed by atoms with Gasteiger partial charge in [0.2, 0.25) is 0 Å². The zero-order valence-corrected chi connectivity index (χ0v) is 23.0. The van der Waals surface area contributed by atoms with Crippen molar-refractivity contribution in [2.45, 2.75) is 45.6 Å². The molecule has 1 amide bonds. The summed E-state index contributed by atoms with van der Waals surface area (Å²) in [7, 11) is 0. The number of Topliss-reactive ketones (excluding diaryl/α,β-unsaturated/α-hetero) is 2. The minimum Gasteiger partial charge on any atom is -0.337 e. The third-order valence-corrected chi connectivity index (χ3v) is 8.29. The van der Waals surface area contributed by atoms with Crippen LogP contribution in [0.2, 0.25) is 0 Å². The van der Waals surface area contributed by atoms with Crippen LogP contribution in [-0.4, -0.2) is 58.4 Å². The van der Waals surface area contributed by atoms with E-state index in [2.05, 4.69) is 9.88 Å². The Bertz CT molecular complexity index is 1320. The molecule has 2 fully saturated rings. The molecule has 3 heterocycles. The summed E-state index contributed by atoms with van der Waals surface area (Å²) in [4.78, 5) is 47.2. The maximum Gasteiger partial charge on any atom is 0.272 e. The van der Waals surface area contributed by atoms with Crippen molar-refractivity contribution in [2.75, 3.05) is 26.2 Å². The van der Waals surface area contributed by atoms with Gasteiger partial charge in [0.15, 0.2) is 11.6 Å². The van der Waals surface area contributed by atoms with Crippen LogP contribution in [0.25, 0.3) is 0 Å². The highest BCUT2D eigenvalue weighted by Gasteiger charge is 2.29. The summed E-state index contributed by atoms with van der Waals surface area (Å²) in [6.07, 6.45) is 5.16. The fourth-order valence-corrected chi connectivity index (χ4v) is 5.72. The molecule has 1 aromatic heterocycles. The molecular formula is C33H36FN3O3. The van der Waals surface area contributed by atoms with Gasteiger partial charge in [0.05, 0.1) is 0 Å². The third kappa shape index (κ3) is 6.89. The SMILES string of the molecule is Cc1ccc(C(=O)C2CCN(C(=O)c3ccc(C(=O)CC4CCN(Cc5ccc(F)cc5)CC4)cn3)CC2)cc1. The van der Waals surface area contributed by atoms with Crippen molar-refractivity contribution in [3.63, 3.8) is 0 Å². The van der Waals surface area contributed by atoms with Crippen molar-refractivity contribution >= 4 is 17.5 Å². The van der Waals surface area contributed by atoms with E-state index in [1.807, 2.05) is 43.3 Å². The van der Waals surface area contributed by atoms with E-state index in [4.69, 9.17) is 0 Å². The van der Waals surface area contributed by atoms with Gasteiger partial charge in [-0.1, -0.05) is 42.0 Å². The molecule has 0 spiro atoms. The standard InChI is InChI=1S/C33H36FN3O3/c1-23-2-6-26(7-3-23)32(39)27-14-18-37(19-15-27)33(40)30-11-8-28(21-35-30)31(38)20-24-12-16-36(17-13-24)22-25-4-9-29(34)10-5-25/h2-11,21,24,27H,12-20,22H2,1H3. The topological polar surface area (TPSA) is 70.6 Å². The number of benzene rings is 2. The number of aromatic nitrogens is 1. The first-order valence-corrected chi connectivity index (χ1v) is 14.2. The fraction of sp³-hybridized carbons (Fsp3) is 0.394. The van der Waals surface area contributed by atoms with E-state index in [-0.39, 0.29) is 29.2 Å². The summed E-state index contributed by atoms with van der Waals surface area (Å²) in [5, 5.41) is 0. The van der Waals surface area contributed by atoms with E-state index in [0.717, 1.165) is 49.2 Å². The summed E-state index contributed by atoms with van der Waals surface area (Å²) >= 11 is 0. The average molecular weight is 542 g/mol.